The Morgan fingerprint density at radius 1 is 1.28 bits per heavy atom. The predicted molar refractivity (Wildman–Crippen MR) is 59.9 cm³/mol. The van der Waals surface area contributed by atoms with Crippen LogP contribution in [0.2, 0.25) is 0 Å². The van der Waals surface area contributed by atoms with Gasteiger partial charge in [-0.1, -0.05) is 5.16 Å². The Hall–Kier alpha value is -2.07. The summed E-state index contributed by atoms with van der Waals surface area (Å²) in [7, 11) is -2.05. The van der Waals surface area contributed by atoms with Crippen molar-refractivity contribution in [2.45, 2.75) is 11.4 Å². The Morgan fingerprint density at radius 2 is 2.00 bits per heavy atom. The minimum atomic E-state index is -3.69. The minimum absolute atomic E-state index is 0.0370. The van der Waals surface area contributed by atoms with Gasteiger partial charge in [-0.25, -0.2) is 23.1 Å². The third kappa shape index (κ3) is 2.78. The van der Waals surface area contributed by atoms with Gasteiger partial charge in [-0.05, 0) is 0 Å². The molecule has 0 radical (unpaired) electrons. The molecule has 0 aromatic carbocycles. The molecule has 0 spiro atoms. The van der Waals surface area contributed by atoms with Gasteiger partial charge < -0.3 is 9.84 Å². The van der Waals surface area contributed by atoms with Crippen LogP contribution in [0.5, 0.6) is 0 Å². The Morgan fingerprint density at radius 3 is 2.56 bits per heavy atom. The summed E-state index contributed by atoms with van der Waals surface area (Å²) in [4.78, 5) is 11.3. The predicted octanol–water partition coefficient (Wildman–Crippen LogP) is -0.620. The highest BCUT2D eigenvalue weighted by Gasteiger charge is 2.15. The van der Waals surface area contributed by atoms with E-state index in [2.05, 4.69) is 34.7 Å². The van der Waals surface area contributed by atoms with E-state index < -0.39 is 10.0 Å². The van der Waals surface area contributed by atoms with Gasteiger partial charge >= 0.3 is 0 Å². The Kier molecular flexibility index (Phi) is 3.48. The first kappa shape index (κ1) is 12.4. The molecule has 2 aromatic rings. The Balaban J connectivity index is 2.09. The SMILES string of the molecule is CNc1ncc(S(=O)(=O)NCc2ncon2)cn1. The maximum atomic E-state index is 11.8. The average molecular weight is 270 g/mol. The fourth-order valence-corrected chi connectivity index (χ4v) is 1.97. The van der Waals surface area contributed by atoms with Crippen LogP contribution >= 0.6 is 0 Å². The van der Waals surface area contributed by atoms with Crippen LogP contribution in [-0.4, -0.2) is 35.6 Å². The molecule has 2 N–H and O–H groups in total. The van der Waals surface area contributed by atoms with Crippen LogP contribution in [0, 0.1) is 0 Å². The van der Waals surface area contributed by atoms with Crippen molar-refractivity contribution >= 4 is 16.0 Å². The molecule has 0 bridgehead atoms. The number of nitrogens with zero attached hydrogens (tertiary/aromatic N) is 4. The highest BCUT2D eigenvalue weighted by molar-refractivity contribution is 7.89. The van der Waals surface area contributed by atoms with Crippen LogP contribution in [0.4, 0.5) is 5.95 Å². The standard InChI is InChI=1S/C8H10N6O3S/c1-9-8-10-2-6(3-11-8)18(15,16)13-4-7-12-5-17-14-7/h2-3,5,13H,4H2,1H3,(H,9,10,11). The van der Waals surface area contributed by atoms with Gasteiger partial charge in [-0.3, -0.25) is 0 Å². The molecule has 0 unspecified atom stereocenters. The van der Waals surface area contributed by atoms with Crippen molar-refractivity contribution in [3.8, 4) is 0 Å². The number of sulfonamides is 1. The highest BCUT2D eigenvalue weighted by atomic mass is 32.2. The molecule has 2 heterocycles. The van der Waals surface area contributed by atoms with Crippen molar-refractivity contribution in [3.05, 3.63) is 24.6 Å². The molecule has 0 fully saturated rings. The molecule has 2 aromatic heterocycles. The van der Waals surface area contributed by atoms with Crippen LogP contribution in [0.25, 0.3) is 0 Å². The van der Waals surface area contributed by atoms with E-state index in [0.717, 1.165) is 6.39 Å². The van der Waals surface area contributed by atoms with E-state index in [1.165, 1.54) is 12.4 Å². The number of rotatable bonds is 5. The fourth-order valence-electron chi connectivity index (χ4n) is 1.10. The van der Waals surface area contributed by atoms with Gasteiger partial charge in [0.1, 0.15) is 4.90 Å². The second-order valence-electron chi connectivity index (χ2n) is 3.16. The zero-order valence-corrected chi connectivity index (χ0v) is 10.2. The molecule has 0 saturated carbocycles. The Bertz CT molecular complexity index is 594. The normalized spacial score (nSPS) is 11.4. The van der Waals surface area contributed by atoms with Gasteiger partial charge in [-0.2, -0.15) is 4.98 Å². The summed E-state index contributed by atoms with van der Waals surface area (Å²) >= 11 is 0. The summed E-state index contributed by atoms with van der Waals surface area (Å²) in [6.45, 7) is -0.0629. The molecule has 0 aliphatic heterocycles. The smallest absolute Gasteiger partial charge is 0.244 e. The van der Waals surface area contributed by atoms with Crippen molar-refractivity contribution in [2.75, 3.05) is 12.4 Å². The van der Waals surface area contributed by atoms with Crippen LogP contribution < -0.4 is 10.0 Å². The largest absolute Gasteiger partial charge is 0.357 e. The summed E-state index contributed by atoms with van der Waals surface area (Å²) in [5.41, 5.74) is 0. The Labute approximate surface area is 103 Å². The van der Waals surface area contributed by atoms with Gasteiger partial charge in [0.25, 0.3) is 0 Å². The molecular weight excluding hydrogens is 260 g/mol. The fraction of sp³-hybridized carbons (Fsp3) is 0.250. The second-order valence-corrected chi connectivity index (χ2v) is 4.93. The van der Waals surface area contributed by atoms with Crippen molar-refractivity contribution in [3.63, 3.8) is 0 Å². The van der Waals surface area contributed by atoms with Gasteiger partial charge in [0.15, 0.2) is 5.82 Å². The summed E-state index contributed by atoms with van der Waals surface area (Å²) in [5, 5.41) is 6.18. The monoisotopic (exact) mass is 270 g/mol. The lowest BCUT2D eigenvalue weighted by Gasteiger charge is -2.04. The van der Waals surface area contributed by atoms with Gasteiger partial charge in [0, 0.05) is 7.05 Å². The molecule has 0 aliphatic rings. The van der Waals surface area contributed by atoms with E-state index in [4.69, 9.17) is 0 Å². The van der Waals surface area contributed by atoms with Crippen molar-refractivity contribution in [1.29, 1.82) is 0 Å². The van der Waals surface area contributed by atoms with Crippen LogP contribution in [0.3, 0.4) is 0 Å². The zero-order chi connectivity index (χ0) is 13.0. The number of nitrogens with one attached hydrogen (secondary N) is 2. The van der Waals surface area contributed by atoms with E-state index in [9.17, 15) is 8.42 Å². The molecule has 10 heteroatoms. The van der Waals surface area contributed by atoms with Gasteiger partial charge in [0.2, 0.25) is 22.4 Å². The first-order valence-electron chi connectivity index (χ1n) is 4.86. The minimum Gasteiger partial charge on any atom is -0.357 e. The topological polar surface area (TPSA) is 123 Å². The van der Waals surface area contributed by atoms with Crippen LogP contribution in [-0.2, 0) is 16.6 Å². The van der Waals surface area contributed by atoms with Crippen LogP contribution in [0.15, 0.2) is 28.2 Å². The van der Waals surface area contributed by atoms with Crippen LogP contribution in [0.1, 0.15) is 5.82 Å². The molecule has 18 heavy (non-hydrogen) atoms. The zero-order valence-electron chi connectivity index (χ0n) is 9.36. The average Bonchev–Trinajstić information content (AvgIpc) is 2.90. The molecular formula is C8H10N6O3S. The lowest BCUT2D eigenvalue weighted by Crippen LogP contribution is -2.24. The van der Waals surface area contributed by atoms with E-state index in [-0.39, 0.29) is 17.3 Å². The molecule has 0 amide bonds. The molecule has 9 nitrogen and oxygen atoms in total. The lowest BCUT2D eigenvalue weighted by atomic mass is 10.6. The van der Waals surface area contributed by atoms with Gasteiger partial charge in [-0.15, -0.1) is 0 Å². The summed E-state index contributed by atoms with van der Waals surface area (Å²) in [5.74, 6) is 0.582. The van der Waals surface area contributed by atoms with E-state index >= 15 is 0 Å². The quantitative estimate of drug-likeness (QED) is 0.736. The number of hydrogen-bond acceptors (Lipinski definition) is 8. The number of aromatic nitrogens is 4. The number of hydrogen-bond donors (Lipinski definition) is 2. The molecule has 0 saturated heterocycles. The molecule has 0 aliphatic carbocycles. The lowest BCUT2D eigenvalue weighted by molar-refractivity contribution is 0.409. The molecule has 2 rings (SSSR count). The van der Waals surface area contributed by atoms with E-state index in [1.807, 2.05) is 0 Å². The van der Waals surface area contributed by atoms with Crippen molar-refractivity contribution < 1.29 is 12.9 Å². The first-order valence-corrected chi connectivity index (χ1v) is 6.35. The molecule has 96 valence electrons. The maximum absolute atomic E-state index is 11.8. The summed E-state index contributed by atoms with van der Waals surface area (Å²) in [6.07, 6.45) is 3.53. The maximum Gasteiger partial charge on any atom is 0.244 e. The first-order chi connectivity index (χ1) is 8.62. The van der Waals surface area contributed by atoms with Crippen molar-refractivity contribution in [2.24, 2.45) is 0 Å². The summed E-state index contributed by atoms with van der Waals surface area (Å²) in [6, 6.07) is 0. The third-order valence-corrected chi connectivity index (χ3v) is 3.35. The second kappa shape index (κ2) is 5.06. The van der Waals surface area contributed by atoms with Gasteiger partial charge in [0.05, 0.1) is 18.9 Å². The van der Waals surface area contributed by atoms with Crippen molar-refractivity contribution in [1.82, 2.24) is 24.8 Å². The summed E-state index contributed by atoms with van der Waals surface area (Å²) < 4.78 is 30.4. The number of anilines is 1. The van der Waals surface area contributed by atoms with E-state index in [0.29, 0.717) is 5.95 Å². The third-order valence-electron chi connectivity index (χ3n) is 1.99. The highest BCUT2D eigenvalue weighted by Crippen LogP contribution is 2.07. The molecule has 0 atom stereocenters. The van der Waals surface area contributed by atoms with E-state index in [1.54, 1.807) is 7.05 Å².